The van der Waals surface area contributed by atoms with Crippen LogP contribution in [0.15, 0.2) is 11.4 Å². The summed E-state index contributed by atoms with van der Waals surface area (Å²) in [5.41, 5.74) is 7.19. The second kappa shape index (κ2) is 6.26. The zero-order chi connectivity index (χ0) is 11.3. The molecule has 15 heavy (non-hydrogen) atoms. The average Bonchev–Trinajstić information content (AvgIpc) is 2.61. The quantitative estimate of drug-likeness (QED) is 0.784. The predicted octanol–water partition coefficient (Wildman–Crippen LogP) is 2.48. The molecule has 0 spiro atoms. The fraction of sp³-hybridized carbons (Fsp3) is 0.667. The molecular weight excluding hydrogens is 206 g/mol. The number of aliphatic hydroxyl groups excluding tert-OH is 1. The number of hydrogen-bond donors (Lipinski definition) is 2. The van der Waals surface area contributed by atoms with Crippen LogP contribution in [0, 0.1) is 6.92 Å². The van der Waals surface area contributed by atoms with Crippen LogP contribution in [-0.2, 0) is 6.42 Å². The van der Waals surface area contributed by atoms with Gasteiger partial charge in [0, 0.05) is 10.9 Å². The number of rotatable bonds is 6. The van der Waals surface area contributed by atoms with Gasteiger partial charge in [-0.2, -0.15) is 0 Å². The first-order chi connectivity index (χ1) is 7.15. The van der Waals surface area contributed by atoms with Crippen LogP contribution in [0.5, 0.6) is 0 Å². The van der Waals surface area contributed by atoms with Crippen LogP contribution in [0.25, 0.3) is 0 Å². The zero-order valence-corrected chi connectivity index (χ0v) is 10.4. The van der Waals surface area contributed by atoms with Crippen LogP contribution in [0.3, 0.4) is 0 Å². The van der Waals surface area contributed by atoms with E-state index < -0.39 is 0 Å². The number of aryl methyl sites for hydroxylation is 2. The van der Waals surface area contributed by atoms with Crippen LogP contribution in [0.2, 0.25) is 0 Å². The van der Waals surface area contributed by atoms with E-state index in [2.05, 4.69) is 25.3 Å². The van der Waals surface area contributed by atoms with Gasteiger partial charge in [0.2, 0.25) is 0 Å². The minimum Gasteiger partial charge on any atom is -0.392 e. The van der Waals surface area contributed by atoms with Gasteiger partial charge in [0.25, 0.3) is 0 Å². The molecule has 0 aliphatic carbocycles. The smallest absolute Gasteiger partial charge is 0.0694 e. The first kappa shape index (κ1) is 12.7. The van der Waals surface area contributed by atoms with Crippen molar-refractivity contribution in [2.75, 3.05) is 0 Å². The van der Waals surface area contributed by atoms with Gasteiger partial charge in [0.05, 0.1) is 6.10 Å². The summed E-state index contributed by atoms with van der Waals surface area (Å²) in [5, 5.41) is 11.9. The third kappa shape index (κ3) is 3.93. The van der Waals surface area contributed by atoms with Gasteiger partial charge in [-0.25, -0.2) is 0 Å². The highest BCUT2D eigenvalue weighted by Crippen LogP contribution is 2.18. The molecule has 0 saturated carbocycles. The van der Waals surface area contributed by atoms with Crippen molar-refractivity contribution in [2.45, 2.75) is 51.7 Å². The Morgan fingerprint density at radius 3 is 2.73 bits per heavy atom. The van der Waals surface area contributed by atoms with E-state index in [1.54, 1.807) is 11.3 Å². The Balaban J connectivity index is 2.34. The van der Waals surface area contributed by atoms with E-state index in [0.29, 0.717) is 0 Å². The monoisotopic (exact) mass is 227 g/mol. The molecule has 0 aromatic carbocycles. The Labute approximate surface area is 96.1 Å². The van der Waals surface area contributed by atoms with Gasteiger partial charge >= 0.3 is 0 Å². The number of hydrogen-bond acceptors (Lipinski definition) is 3. The second-order valence-corrected chi connectivity index (χ2v) is 5.09. The lowest BCUT2D eigenvalue weighted by molar-refractivity contribution is 0.131. The predicted molar refractivity (Wildman–Crippen MR) is 66.3 cm³/mol. The highest BCUT2D eigenvalue weighted by atomic mass is 32.1. The normalized spacial score (nSPS) is 15.2. The minimum atomic E-state index is -0.355. The summed E-state index contributed by atoms with van der Waals surface area (Å²) >= 11 is 1.76. The fourth-order valence-electron chi connectivity index (χ4n) is 1.68. The molecule has 0 radical (unpaired) electrons. The summed E-state index contributed by atoms with van der Waals surface area (Å²) in [6.07, 6.45) is 3.32. The van der Waals surface area contributed by atoms with E-state index in [9.17, 15) is 5.11 Å². The number of aliphatic hydroxyl groups is 1. The molecule has 0 aliphatic rings. The maximum absolute atomic E-state index is 9.82. The molecule has 2 atom stereocenters. The standard InChI is InChI=1S/C12H21NOS/c1-3-4-10(13)11(14)5-6-12-9(2)7-8-15-12/h7-8,10-11,14H,3-6,13H2,1-2H3. The first-order valence-corrected chi connectivity index (χ1v) is 6.49. The highest BCUT2D eigenvalue weighted by Gasteiger charge is 2.14. The molecule has 86 valence electrons. The lowest BCUT2D eigenvalue weighted by Crippen LogP contribution is -2.34. The van der Waals surface area contributed by atoms with Crippen molar-refractivity contribution in [3.05, 3.63) is 21.9 Å². The maximum Gasteiger partial charge on any atom is 0.0694 e. The average molecular weight is 227 g/mol. The van der Waals surface area contributed by atoms with Crippen LogP contribution >= 0.6 is 11.3 Å². The Morgan fingerprint density at radius 1 is 1.47 bits per heavy atom. The van der Waals surface area contributed by atoms with Crippen molar-refractivity contribution in [1.29, 1.82) is 0 Å². The van der Waals surface area contributed by atoms with E-state index in [1.807, 2.05) is 0 Å². The molecule has 2 unspecified atom stereocenters. The van der Waals surface area contributed by atoms with Crippen LogP contribution < -0.4 is 5.73 Å². The third-order valence-electron chi connectivity index (χ3n) is 2.75. The summed E-state index contributed by atoms with van der Waals surface area (Å²) in [6, 6.07) is 2.06. The third-order valence-corrected chi connectivity index (χ3v) is 3.83. The molecule has 0 aliphatic heterocycles. The molecule has 3 N–H and O–H groups in total. The van der Waals surface area contributed by atoms with Gasteiger partial charge < -0.3 is 10.8 Å². The first-order valence-electron chi connectivity index (χ1n) is 5.61. The summed E-state index contributed by atoms with van der Waals surface area (Å²) in [6.45, 7) is 4.21. The van der Waals surface area contributed by atoms with E-state index in [0.717, 1.165) is 25.7 Å². The topological polar surface area (TPSA) is 46.2 Å². The number of nitrogens with two attached hydrogens (primary N) is 1. The van der Waals surface area contributed by atoms with E-state index in [1.165, 1.54) is 10.4 Å². The van der Waals surface area contributed by atoms with Crippen LogP contribution in [0.1, 0.15) is 36.6 Å². The Morgan fingerprint density at radius 2 is 2.20 bits per heavy atom. The number of thiophene rings is 1. The van der Waals surface area contributed by atoms with Crippen molar-refractivity contribution in [1.82, 2.24) is 0 Å². The van der Waals surface area contributed by atoms with Crippen molar-refractivity contribution >= 4 is 11.3 Å². The SMILES string of the molecule is CCCC(N)C(O)CCc1sccc1C. The lowest BCUT2D eigenvalue weighted by Gasteiger charge is -2.17. The summed E-state index contributed by atoms with van der Waals surface area (Å²) < 4.78 is 0. The lowest BCUT2D eigenvalue weighted by atomic mass is 10.0. The second-order valence-electron chi connectivity index (χ2n) is 4.09. The van der Waals surface area contributed by atoms with Gasteiger partial charge in [-0.1, -0.05) is 13.3 Å². The molecule has 1 aromatic heterocycles. The molecule has 0 bridgehead atoms. The minimum absolute atomic E-state index is 0.0599. The molecule has 0 saturated heterocycles. The molecule has 1 aromatic rings. The Kier molecular flexibility index (Phi) is 5.29. The van der Waals surface area contributed by atoms with Crippen molar-refractivity contribution in [3.63, 3.8) is 0 Å². The van der Waals surface area contributed by atoms with E-state index in [4.69, 9.17) is 5.73 Å². The van der Waals surface area contributed by atoms with Crippen molar-refractivity contribution < 1.29 is 5.11 Å². The Hall–Kier alpha value is -0.380. The summed E-state index contributed by atoms with van der Waals surface area (Å²) in [4.78, 5) is 1.37. The molecule has 1 rings (SSSR count). The molecule has 2 nitrogen and oxygen atoms in total. The molecule has 1 heterocycles. The van der Waals surface area contributed by atoms with E-state index in [-0.39, 0.29) is 12.1 Å². The largest absolute Gasteiger partial charge is 0.392 e. The Bertz CT molecular complexity index is 285. The fourth-order valence-corrected chi connectivity index (χ4v) is 2.61. The van der Waals surface area contributed by atoms with Gasteiger partial charge in [-0.15, -0.1) is 11.3 Å². The molecule has 0 fully saturated rings. The van der Waals surface area contributed by atoms with Crippen molar-refractivity contribution in [3.8, 4) is 0 Å². The van der Waals surface area contributed by atoms with Gasteiger partial charge in [-0.05, 0) is 43.2 Å². The maximum atomic E-state index is 9.82. The van der Waals surface area contributed by atoms with Gasteiger partial charge in [0.1, 0.15) is 0 Å². The van der Waals surface area contributed by atoms with Gasteiger partial charge in [-0.3, -0.25) is 0 Å². The zero-order valence-electron chi connectivity index (χ0n) is 9.57. The molecular formula is C12H21NOS. The van der Waals surface area contributed by atoms with Crippen LogP contribution in [-0.4, -0.2) is 17.3 Å². The molecule has 3 heteroatoms. The van der Waals surface area contributed by atoms with Crippen LogP contribution in [0.4, 0.5) is 0 Å². The summed E-state index contributed by atoms with van der Waals surface area (Å²) in [7, 11) is 0. The van der Waals surface area contributed by atoms with E-state index >= 15 is 0 Å². The van der Waals surface area contributed by atoms with Crippen molar-refractivity contribution in [2.24, 2.45) is 5.73 Å². The molecule has 0 amide bonds. The highest BCUT2D eigenvalue weighted by molar-refractivity contribution is 7.10. The summed E-state index contributed by atoms with van der Waals surface area (Å²) in [5.74, 6) is 0. The van der Waals surface area contributed by atoms with Gasteiger partial charge in [0.15, 0.2) is 0 Å².